The fourth-order valence-corrected chi connectivity index (χ4v) is 6.59. The van der Waals surface area contributed by atoms with Crippen molar-refractivity contribution in [2.45, 2.75) is 51.0 Å². The summed E-state index contributed by atoms with van der Waals surface area (Å²) in [4.78, 5) is 28.3. The highest BCUT2D eigenvalue weighted by Gasteiger charge is 2.34. The summed E-state index contributed by atoms with van der Waals surface area (Å²) in [5.74, 6) is -0.0315. The maximum Gasteiger partial charge on any atom is 0.282 e. The van der Waals surface area contributed by atoms with E-state index in [0.717, 1.165) is 37.8 Å². The molecule has 9 nitrogen and oxygen atoms in total. The Kier molecular flexibility index (Phi) is 7.68. The minimum absolute atomic E-state index is 0.0965. The lowest BCUT2D eigenvalue weighted by Crippen LogP contribution is -2.55. The molecule has 2 aliphatic heterocycles. The first-order valence-electron chi connectivity index (χ1n) is 12.0. The quantitative estimate of drug-likeness (QED) is 0.647. The van der Waals surface area contributed by atoms with Gasteiger partial charge in [-0.3, -0.25) is 14.5 Å². The van der Waals surface area contributed by atoms with E-state index in [-0.39, 0.29) is 24.4 Å². The van der Waals surface area contributed by atoms with Crippen molar-refractivity contribution >= 4 is 33.4 Å². The van der Waals surface area contributed by atoms with Gasteiger partial charge >= 0.3 is 0 Å². The monoisotopic (exact) mass is 477 g/mol. The number of hydrogen-bond acceptors (Lipinski definition) is 5. The van der Waals surface area contributed by atoms with Crippen LogP contribution < -0.4 is 10.2 Å². The highest BCUT2D eigenvalue weighted by Crippen LogP contribution is 2.26. The Morgan fingerprint density at radius 1 is 1.06 bits per heavy atom. The molecule has 1 aromatic carbocycles. The van der Waals surface area contributed by atoms with Gasteiger partial charge in [-0.1, -0.05) is 25.3 Å². The molecule has 3 fully saturated rings. The number of benzene rings is 1. The minimum Gasteiger partial charge on any atom is -0.325 e. The van der Waals surface area contributed by atoms with E-state index in [0.29, 0.717) is 44.8 Å². The van der Waals surface area contributed by atoms with Crippen molar-refractivity contribution in [1.82, 2.24) is 13.5 Å². The molecule has 182 valence electrons. The Balaban J connectivity index is 1.27. The third-order valence-corrected chi connectivity index (χ3v) is 9.04. The largest absolute Gasteiger partial charge is 0.325 e. The molecule has 33 heavy (non-hydrogen) atoms. The highest BCUT2D eigenvalue weighted by molar-refractivity contribution is 7.86. The predicted molar refractivity (Wildman–Crippen MR) is 128 cm³/mol. The standard InChI is InChI=1S/C23H35N5O4S/c1-25(20-8-3-2-4-9-20)33(31,32)27-15-13-26(14-16-27)18-22(29)24-19-7-5-10-21(17-19)28-12-6-11-23(28)30/h5,7,10,17,20H,2-4,6,8-9,11-16,18H2,1H3,(H,24,29). The number of anilines is 2. The first kappa shape index (κ1) is 24.1. The molecule has 1 saturated carbocycles. The van der Waals surface area contributed by atoms with E-state index >= 15 is 0 Å². The predicted octanol–water partition coefficient (Wildman–Crippen LogP) is 1.88. The maximum atomic E-state index is 13.0. The molecule has 0 spiro atoms. The Labute approximate surface area is 196 Å². The van der Waals surface area contributed by atoms with Crippen molar-refractivity contribution in [2.24, 2.45) is 0 Å². The topological polar surface area (TPSA) is 93.3 Å². The van der Waals surface area contributed by atoms with Gasteiger partial charge in [-0.05, 0) is 37.5 Å². The summed E-state index contributed by atoms with van der Waals surface area (Å²) in [6, 6.07) is 7.45. The number of hydrogen-bond donors (Lipinski definition) is 1. The van der Waals surface area contributed by atoms with Gasteiger partial charge in [0.15, 0.2) is 0 Å². The van der Waals surface area contributed by atoms with Crippen molar-refractivity contribution in [1.29, 1.82) is 0 Å². The molecule has 0 unspecified atom stereocenters. The second-order valence-electron chi connectivity index (χ2n) is 9.24. The van der Waals surface area contributed by atoms with Gasteiger partial charge in [0.1, 0.15) is 0 Å². The number of carbonyl (C=O) groups is 2. The van der Waals surface area contributed by atoms with Crippen molar-refractivity contribution in [2.75, 3.05) is 56.5 Å². The van der Waals surface area contributed by atoms with E-state index in [2.05, 4.69) is 5.32 Å². The van der Waals surface area contributed by atoms with E-state index in [9.17, 15) is 18.0 Å². The molecule has 0 atom stereocenters. The van der Waals surface area contributed by atoms with Gasteiger partial charge in [0.2, 0.25) is 11.8 Å². The van der Waals surface area contributed by atoms with Crippen molar-refractivity contribution in [3.05, 3.63) is 24.3 Å². The van der Waals surface area contributed by atoms with Gasteiger partial charge in [0, 0.05) is 63.6 Å². The molecular weight excluding hydrogens is 442 g/mol. The first-order chi connectivity index (χ1) is 15.8. The molecular formula is C23H35N5O4S. The second-order valence-corrected chi connectivity index (χ2v) is 11.2. The molecule has 1 aliphatic carbocycles. The molecule has 1 N–H and O–H groups in total. The second kappa shape index (κ2) is 10.5. The van der Waals surface area contributed by atoms with Gasteiger partial charge < -0.3 is 10.2 Å². The van der Waals surface area contributed by atoms with Crippen LogP contribution >= 0.6 is 0 Å². The van der Waals surface area contributed by atoms with Crippen LogP contribution in [0, 0.1) is 0 Å². The molecule has 0 aromatic heterocycles. The van der Waals surface area contributed by atoms with E-state index in [4.69, 9.17) is 0 Å². The lowest BCUT2D eigenvalue weighted by molar-refractivity contribution is -0.118. The third kappa shape index (κ3) is 5.74. The summed E-state index contributed by atoms with van der Waals surface area (Å²) in [5.41, 5.74) is 1.46. The summed E-state index contributed by atoms with van der Waals surface area (Å²) in [6.45, 7) is 2.73. The fourth-order valence-electron chi connectivity index (χ4n) is 5.01. The molecule has 2 saturated heterocycles. The number of rotatable bonds is 7. The Morgan fingerprint density at radius 3 is 2.45 bits per heavy atom. The third-order valence-electron chi connectivity index (χ3n) is 6.99. The normalized spacial score (nSPS) is 21.6. The van der Waals surface area contributed by atoms with Gasteiger partial charge in [-0.25, -0.2) is 0 Å². The average Bonchev–Trinajstić information content (AvgIpc) is 3.25. The number of carbonyl (C=O) groups excluding carboxylic acids is 2. The summed E-state index contributed by atoms with van der Waals surface area (Å²) >= 11 is 0. The van der Waals surface area contributed by atoms with Crippen molar-refractivity contribution in [3.8, 4) is 0 Å². The SMILES string of the molecule is CN(C1CCCCC1)S(=O)(=O)N1CCN(CC(=O)Nc2cccc(N3CCCC3=O)c2)CC1. The summed E-state index contributed by atoms with van der Waals surface area (Å²) in [6.07, 6.45) is 6.65. The van der Waals surface area contributed by atoms with Crippen molar-refractivity contribution < 1.29 is 18.0 Å². The summed E-state index contributed by atoms with van der Waals surface area (Å²) < 4.78 is 29.2. The Bertz CT molecular complexity index is 955. The minimum atomic E-state index is -3.47. The lowest BCUT2D eigenvalue weighted by Gasteiger charge is -2.38. The summed E-state index contributed by atoms with van der Waals surface area (Å²) in [5, 5.41) is 2.91. The first-order valence-corrected chi connectivity index (χ1v) is 13.4. The van der Waals surface area contributed by atoms with Crippen LogP contribution in [0.4, 0.5) is 11.4 Å². The molecule has 10 heteroatoms. The van der Waals surface area contributed by atoms with Crippen LogP contribution in [0.1, 0.15) is 44.9 Å². The number of nitrogens with zero attached hydrogens (tertiary/aromatic N) is 4. The number of nitrogens with one attached hydrogen (secondary N) is 1. The number of piperazine rings is 1. The molecule has 1 aromatic rings. The zero-order chi connectivity index (χ0) is 23.4. The Morgan fingerprint density at radius 2 is 1.79 bits per heavy atom. The van der Waals surface area contributed by atoms with Crippen LogP contribution in [0.5, 0.6) is 0 Å². The molecule has 0 radical (unpaired) electrons. The van der Waals surface area contributed by atoms with Gasteiger partial charge in [-0.15, -0.1) is 0 Å². The molecule has 4 rings (SSSR count). The van der Waals surface area contributed by atoms with Gasteiger partial charge in [0.05, 0.1) is 6.54 Å². The zero-order valence-electron chi connectivity index (χ0n) is 19.4. The highest BCUT2D eigenvalue weighted by atomic mass is 32.2. The average molecular weight is 478 g/mol. The molecule has 3 aliphatic rings. The molecule has 0 bridgehead atoms. The van der Waals surface area contributed by atoms with Crippen LogP contribution in [0.25, 0.3) is 0 Å². The smallest absolute Gasteiger partial charge is 0.282 e. The van der Waals surface area contributed by atoms with Gasteiger partial charge in [0.25, 0.3) is 10.2 Å². The molecule has 2 amide bonds. The van der Waals surface area contributed by atoms with Crippen LogP contribution in [-0.4, -0.2) is 86.1 Å². The van der Waals surface area contributed by atoms with E-state index in [1.165, 1.54) is 6.42 Å². The molecule has 2 heterocycles. The van der Waals surface area contributed by atoms with E-state index < -0.39 is 10.2 Å². The van der Waals surface area contributed by atoms with Crippen LogP contribution in [-0.2, 0) is 19.8 Å². The number of amides is 2. The van der Waals surface area contributed by atoms with E-state index in [1.807, 2.05) is 29.2 Å². The van der Waals surface area contributed by atoms with Gasteiger partial charge in [-0.2, -0.15) is 17.0 Å². The van der Waals surface area contributed by atoms with Crippen LogP contribution in [0.2, 0.25) is 0 Å². The van der Waals surface area contributed by atoms with Crippen LogP contribution in [0.15, 0.2) is 24.3 Å². The maximum absolute atomic E-state index is 13.0. The van der Waals surface area contributed by atoms with E-state index in [1.54, 1.807) is 20.6 Å². The van der Waals surface area contributed by atoms with Crippen LogP contribution in [0.3, 0.4) is 0 Å². The Hall–Kier alpha value is -2.01. The van der Waals surface area contributed by atoms with Crippen molar-refractivity contribution in [3.63, 3.8) is 0 Å². The lowest BCUT2D eigenvalue weighted by atomic mass is 9.96. The zero-order valence-corrected chi connectivity index (χ0v) is 20.2. The fraction of sp³-hybridized carbons (Fsp3) is 0.652. The summed E-state index contributed by atoms with van der Waals surface area (Å²) in [7, 11) is -1.77.